The molecule has 2 heterocycles. The first-order valence-corrected chi connectivity index (χ1v) is 9.15. The summed E-state index contributed by atoms with van der Waals surface area (Å²) in [6.45, 7) is 4.36. The summed E-state index contributed by atoms with van der Waals surface area (Å²) < 4.78 is 0. The number of nitrogens with one attached hydrogen (secondary N) is 1. The highest BCUT2D eigenvalue weighted by Gasteiger charge is 2.46. The van der Waals surface area contributed by atoms with Crippen LogP contribution in [0.2, 0.25) is 0 Å². The molecule has 0 spiro atoms. The number of phenols is 1. The number of fused-ring (bicyclic) bond motifs is 2. The number of anilines is 1. The summed E-state index contributed by atoms with van der Waals surface area (Å²) in [6, 6.07) is 9.27. The van der Waals surface area contributed by atoms with Crippen LogP contribution in [0.3, 0.4) is 0 Å². The van der Waals surface area contributed by atoms with Crippen LogP contribution in [0.15, 0.2) is 43.0 Å². The molecule has 3 unspecified atom stereocenters. The molecular formula is C21H24N4O2. The first kappa shape index (κ1) is 17.3. The molecule has 6 N–H and O–H groups in total. The van der Waals surface area contributed by atoms with Gasteiger partial charge in [0.05, 0.1) is 0 Å². The molecule has 3 atom stereocenters. The first-order valence-electron chi connectivity index (χ1n) is 9.15. The van der Waals surface area contributed by atoms with E-state index in [0.29, 0.717) is 28.9 Å². The maximum absolute atomic E-state index is 11.9. The fourth-order valence-corrected chi connectivity index (χ4v) is 4.51. The summed E-state index contributed by atoms with van der Waals surface area (Å²) in [7, 11) is 0. The average Bonchev–Trinajstić information content (AvgIpc) is 3.36. The van der Waals surface area contributed by atoms with Crippen molar-refractivity contribution < 1.29 is 9.90 Å². The van der Waals surface area contributed by atoms with E-state index in [4.69, 9.17) is 11.5 Å². The summed E-state index contributed by atoms with van der Waals surface area (Å²) in [5.41, 5.74) is 15.3. The van der Waals surface area contributed by atoms with E-state index in [1.807, 2.05) is 17.0 Å². The quantitative estimate of drug-likeness (QED) is 0.625. The molecule has 1 aromatic carbocycles. The number of phenolic OH excluding ortho intramolecular Hbond substituents is 1. The molecule has 6 heteroatoms. The molecular weight excluding hydrogens is 340 g/mol. The number of likely N-dealkylation sites (tertiary alicyclic amines) is 1. The third kappa shape index (κ3) is 2.97. The molecule has 6 nitrogen and oxygen atoms in total. The number of nitrogens with zero attached hydrogens (tertiary/aromatic N) is 1. The van der Waals surface area contributed by atoms with E-state index in [1.54, 1.807) is 24.3 Å². The van der Waals surface area contributed by atoms with Gasteiger partial charge >= 0.3 is 0 Å². The van der Waals surface area contributed by atoms with E-state index < -0.39 is 0 Å². The van der Waals surface area contributed by atoms with Gasteiger partial charge in [-0.05, 0) is 49.1 Å². The Morgan fingerprint density at radius 3 is 2.78 bits per heavy atom. The Bertz CT molecular complexity index is 930. The fraction of sp³-hybridized carbons (Fsp3) is 0.286. The molecule has 2 fully saturated rings. The minimum Gasteiger partial charge on any atom is -0.507 e. The first-order chi connectivity index (χ1) is 13.0. The Morgan fingerprint density at radius 2 is 2.11 bits per heavy atom. The second-order valence-electron chi connectivity index (χ2n) is 7.40. The van der Waals surface area contributed by atoms with Gasteiger partial charge < -0.3 is 26.5 Å². The van der Waals surface area contributed by atoms with Crippen LogP contribution in [0.1, 0.15) is 35.6 Å². The zero-order valence-corrected chi connectivity index (χ0v) is 15.1. The number of aromatic amines is 1. The third-order valence-corrected chi connectivity index (χ3v) is 5.83. The molecule has 1 aliphatic carbocycles. The summed E-state index contributed by atoms with van der Waals surface area (Å²) in [4.78, 5) is 17.1. The van der Waals surface area contributed by atoms with E-state index >= 15 is 0 Å². The lowest BCUT2D eigenvalue weighted by molar-refractivity contribution is -0.127. The second-order valence-corrected chi connectivity index (χ2v) is 7.40. The number of carbonyl (C=O) groups is 1. The minimum absolute atomic E-state index is 0.0195. The Hall–Kier alpha value is -3.15. The third-order valence-electron chi connectivity index (χ3n) is 5.83. The van der Waals surface area contributed by atoms with Gasteiger partial charge in [-0.1, -0.05) is 18.7 Å². The van der Waals surface area contributed by atoms with Crippen LogP contribution < -0.4 is 11.5 Å². The smallest absolute Gasteiger partial charge is 0.246 e. The molecule has 4 rings (SSSR count). The monoisotopic (exact) mass is 364 g/mol. The maximum atomic E-state index is 11.9. The molecule has 1 amide bonds. The average molecular weight is 364 g/mol. The van der Waals surface area contributed by atoms with Gasteiger partial charge in [0, 0.05) is 41.0 Å². The SMILES string of the molecule is C=CC(=O)N1CC2CC1CC2c1cc(/C=C(\N)c2ccccc2O)c(N)[nH]1. The Balaban J connectivity index is 1.55. The van der Waals surface area contributed by atoms with E-state index in [0.717, 1.165) is 30.6 Å². The predicted octanol–water partition coefficient (Wildman–Crippen LogP) is 2.65. The van der Waals surface area contributed by atoms with Gasteiger partial charge in [-0.15, -0.1) is 0 Å². The highest BCUT2D eigenvalue weighted by molar-refractivity contribution is 5.87. The van der Waals surface area contributed by atoms with Gasteiger partial charge in [0.15, 0.2) is 0 Å². The van der Waals surface area contributed by atoms with Gasteiger partial charge in [-0.2, -0.15) is 0 Å². The van der Waals surface area contributed by atoms with Crippen molar-refractivity contribution in [1.82, 2.24) is 9.88 Å². The van der Waals surface area contributed by atoms with Crippen LogP contribution in [0.4, 0.5) is 5.82 Å². The number of nitrogens with two attached hydrogens (primary N) is 2. The Labute approximate surface area is 158 Å². The molecule has 0 radical (unpaired) electrons. The number of amides is 1. The van der Waals surface area contributed by atoms with Gasteiger partial charge in [0.2, 0.25) is 5.91 Å². The molecule has 1 saturated carbocycles. The van der Waals surface area contributed by atoms with Gasteiger partial charge in [-0.3, -0.25) is 4.79 Å². The van der Waals surface area contributed by atoms with Gasteiger partial charge in [-0.25, -0.2) is 0 Å². The van der Waals surface area contributed by atoms with Gasteiger partial charge in [0.1, 0.15) is 11.6 Å². The molecule has 1 aliphatic heterocycles. The van der Waals surface area contributed by atoms with Gasteiger partial charge in [0.25, 0.3) is 0 Å². The number of para-hydroxylation sites is 1. The van der Waals surface area contributed by atoms with Crippen molar-refractivity contribution in [3.8, 4) is 5.75 Å². The van der Waals surface area contributed by atoms with Crippen molar-refractivity contribution in [2.24, 2.45) is 11.7 Å². The fourth-order valence-electron chi connectivity index (χ4n) is 4.51. The number of carbonyl (C=O) groups excluding carboxylic acids is 1. The number of hydrogen-bond acceptors (Lipinski definition) is 4. The highest BCUT2D eigenvalue weighted by Crippen LogP contribution is 2.47. The van der Waals surface area contributed by atoms with Crippen molar-refractivity contribution >= 4 is 23.5 Å². The van der Waals surface area contributed by atoms with Crippen LogP contribution in [-0.4, -0.2) is 33.5 Å². The molecule has 2 aromatic rings. The lowest BCUT2D eigenvalue weighted by atomic mass is 9.91. The van der Waals surface area contributed by atoms with Crippen LogP contribution in [0.5, 0.6) is 5.75 Å². The summed E-state index contributed by atoms with van der Waals surface area (Å²) in [5, 5.41) is 9.97. The van der Waals surface area contributed by atoms with E-state index in [1.165, 1.54) is 6.08 Å². The second kappa shape index (κ2) is 6.54. The number of aromatic nitrogens is 1. The number of aromatic hydroxyl groups is 1. The van der Waals surface area contributed by atoms with Crippen molar-refractivity contribution in [1.29, 1.82) is 0 Å². The number of H-pyrrole nitrogens is 1. The number of rotatable bonds is 4. The maximum Gasteiger partial charge on any atom is 0.246 e. The van der Waals surface area contributed by atoms with E-state index in [-0.39, 0.29) is 17.7 Å². The number of nitrogen functional groups attached to an aromatic ring is 1. The van der Waals surface area contributed by atoms with Crippen LogP contribution in [0.25, 0.3) is 11.8 Å². The predicted molar refractivity (Wildman–Crippen MR) is 107 cm³/mol. The van der Waals surface area contributed by atoms with Crippen molar-refractivity contribution in [2.75, 3.05) is 12.3 Å². The molecule has 2 bridgehead atoms. The molecule has 2 aliphatic rings. The normalized spacial score (nSPS) is 24.4. The molecule has 140 valence electrons. The lowest BCUT2D eigenvalue weighted by Gasteiger charge is -2.30. The largest absolute Gasteiger partial charge is 0.507 e. The van der Waals surface area contributed by atoms with Crippen LogP contribution in [-0.2, 0) is 4.79 Å². The highest BCUT2D eigenvalue weighted by atomic mass is 16.3. The Morgan fingerprint density at radius 1 is 1.33 bits per heavy atom. The van der Waals surface area contributed by atoms with Crippen molar-refractivity contribution in [3.05, 3.63) is 59.8 Å². The number of piperidine rings is 1. The van der Waals surface area contributed by atoms with Crippen LogP contribution >= 0.6 is 0 Å². The zero-order valence-electron chi connectivity index (χ0n) is 15.1. The summed E-state index contributed by atoms with van der Waals surface area (Å²) >= 11 is 0. The van der Waals surface area contributed by atoms with E-state index in [2.05, 4.69) is 11.6 Å². The summed E-state index contributed by atoms with van der Waals surface area (Å²) in [5.74, 6) is 1.51. The van der Waals surface area contributed by atoms with Crippen molar-refractivity contribution in [2.45, 2.75) is 24.8 Å². The Kier molecular flexibility index (Phi) is 4.18. The van der Waals surface area contributed by atoms with Crippen LogP contribution in [0, 0.1) is 5.92 Å². The number of hydrogen-bond donors (Lipinski definition) is 4. The van der Waals surface area contributed by atoms with E-state index in [9.17, 15) is 9.90 Å². The molecule has 1 aromatic heterocycles. The summed E-state index contributed by atoms with van der Waals surface area (Å²) in [6.07, 6.45) is 5.13. The minimum atomic E-state index is 0.0195. The lowest BCUT2D eigenvalue weighted by Crippen LogP contribution is -2.38. The van der Waals surface area contributed by atoms with Crippen molar-refractivity contribution in [3.63, 3.8) is 0 Å². The zero-order chi connectivity index (χ0) is 19.1. The standard InChI is InChI=1S/C21H24N4O2/c1-2-20(27)25-11-13-7-14(25)10-16(13)18-9-12(21(23)24-18)8-17(22)15-5-3-4-6-19(15)26/h2-6,8-9,13-14,16,24,26H,1,7,10-11,22-23H2/b17-8-. The molecule has 1 saturated heterocycles. The topological polar surface area (TPSA) is 108 Å². The number of benzene rings is 1. The molecule has 27 heavy (non-hydrogen) atoms.